The van der Waals surface area contributed by atoms with Gasteiger partial charge >= 0.3 is 0 Å². The molecule has 5 nitrogen and oxygen atoms in total. The Morgan fingerprint density at radius 2 is 1.04 bits per heavy atom. The summed E-state index contributed by atoms with van der Waals surface area (Å²) in [5, 5.41) is 8.61. The van der Waals surface area contributed by atoms with Crippen LogP contribution in [0.25, 0.3) is 0 Å². The quantitative estimate of drug-likeness (QED) is 0.0626. The highest BCUT2D eigenvalue weighted by Crippen LogP contribution is 2.48. The SMILES string of the molecule is O=C(C(C/C(=N/NS(=O)(=O)c1ccccc1)c1ccc(Cl)cc1)=P(c1ccccc1)(c1ccccc1)c1ccccc1)c1ccc(Br)cc1. The molecule has 6 aromatic rings. The second-order valence-electron chi connectivity index (χ2n) is 11.1. The molecule has 6 rings (SSSR count). The molecule has 0 radical (unpaired) electrons. The van der Waals surface area contributed by atoms with Gasteiger partial charge in [0.25, 0.3) is 10.0 Å². The topological polar surface area (TPSA) is 75.6 Å². The third kappa shape index (κ3) is 7.56. The molecule has 49 heavy (non-hydrogen) atoms. The molecule has 0 heterocycles. The maximum Gasteiger partial charge on any atom is 0.276 e. The van der Waals surface area contributed by atoms with Crippen LogP contribution >= 0.6 is 34.4 Å². The Bertz CT molecular complexity index is 2150. The summed E-state index contributed by atoms with van der Waals surface area (Å²) in [5.41, 5.74) is 1.49. The minimum atomic E-state index is -4.03. The Morgan fingerprint density at radius 3 is 1.51 bits per heavy atom. The lowest BCUT2D eigenvalue weighted by molar-refractivity contribution is 0.106. The molecule has 0 aliphatic carbocycles. The van der Waals surface area contributed by atoms with Crippen molar-refractivity contribution in [1.29, 1.82) is 0 Å². The Balaban J connectivity index is 1.71. The van der Waals surface area contributed by atoms with Crippen LogP contribution in [0.5, 0.6) is 0 Å². The minimum absolute atomic E-state index is 0.0281. The van der Waals surface area contributed by atoms with Gasteiger partial charge < -0.3 is 0 Å². The van der Waals surface area contributed by atoms with E-state index in [2.05, 4.69) is 62.3 Å². The Hall–Kier alpha value is -4.52. The smallest absolute Gasteiger partial charge is 0.276 e. The van der Waals surface area contributed by atoms with Crippen molar-refractivity contribution in [3.63, 3.8) is 0 Å². The number of nitrogens with zero attached hydrogens (tertiary/aromatic N) is 1. The van der Waals surface area contributed by atoms with E-state index in [1.165, 1.54) is 12.1 Å². The molecule has 0 amide bonds. The summed E-state index contributed by atoms with van der Waals surface area (Å²) in [6.45, 7) is -2.93. The first-order valence-electron chi connectivity index (χ1n) is 15.4. The van der Waals surface area contributed by atoms with E-state index in [4.69, 9.17) is 11.6 Å². The van der Waals surface area contributed by atoms with Crippen molar-refractivity contribution in [3.05, 3.63) is 190 Å². The number of halogens is 2. The van der Waals surface area contributed by atoms with E-state index in [1.807, 2.05) is 66.7 Å². The van der Waals surface area contributed by atoms with E-state index >= 15 is 4.79 Å². The fourth-order valence-electron chi connectivity index (χ4n) is 5.76. The van der Waals surface area contributed by atoms with Crippen molar-refractivity contribution in [1.82, 2.24) is 4.83 Å². The molecule has 0 aliphatic rings. The van der Waals surface area contributed by atoms with Crippen LogP contribution in [0.1, 0.15) is 22.3 Å². The number of ketones is 1. The highest BCUT2D eigenvalue weighted by atomic mass is 79.9. The van der Waals surface area contributed by atoms with Crippen LogP contribution in [0.15, 0.2) is 184 Å². The van der Waals surface area contributed by atoms with Gasteiger partial charge in [0, 0.05) is 26.8 Å². The van der Waals surface area contributed by atoms with E-state index in [9.17, 15) is 8.42 Å². The third-order valence-electron chi connectivity index (χ3n) is 8.07. The molecule has 0 bridgehead atoms. The molecule has 9 heteroatoms. The Kier molecular flexibility index (Phi) is 10.8. The van der Waals surface area contributed by atoms with Gasteiger partial charge in [-0.1, -0.05) is 149 Å². The van der Waals surface area contributed by atoms with Crippen molar-refractivity contribution in [2.24, 2.45) is 5.10 Å². The van der Waals surface area contributed by atoms with Crippen LogP contribution < -0.4 is 20.7 Å². The van der Waals surface area contributed by atoms with Crippen LogP contribution in [0.4, 0.5) is 0 Å². The first kappa shape index (κ1) is 34.3. The molecule has 244 valence electrons. The molecule has 0 unspecified atom stereocenters. The summed E-state index contributed by atoms with van der Waals surface area (Å²) in [4.78, 5) is 17.8. The molecule has 0 fully saturated rings. The number of carbonyl (C=O) groups excluding carboxylic acids is 1. The molecule has 0 aromatic heterocycles. The fourth-order valence-corrected chi connectivity index (χ4v) is 11.5. The van der Waals surface area contributed by atoms with E-state index in [1.54, 1.807) is 54.6 Å². The monoisotopic (exact) mass is 764 g/mol. The van der Waals surface area contributed by atoms with Crippen molar-refractivity contribution >= 4 is 77.1 Å². The normalized spacial score (nSPS) is 11.9. The minimum Gasteiger partial charge on any atom is -0.289 e. The van der Waals surface area contributed by atoms with Crippen molar-refractivity contribution in [3.8, 4) is 0 Å². The van der Waals surface area contributed by atoms with Gasteiger partial charge in [-0.05, 0) is 76.9 Å². The molecule has 0 saturated carbocycles. The van der Waals surface area contributed by atoms with Gasteiger partial charge in [0.15, 0.2) is 5.78 Å². The van der Waals surface area contributed by atoms with E-state index < -0.39 is 16.9 Å². The van der Waals surface area contributed by atoms with Gasteiger partial charge in [0.2, 0.25) is 0 Å². The first-order chi connectivity index (χ1) is 23.8. The van der Waals surface area contributed by atoms with E-state index in [0.29, 0.717) is 27.2 Å². The summed E-state index contributed by atoms with van der Waals surface area (Å²) in [7, 11) is -4.03. The Labute approximate surface area is 300 Å². The number of hydrogen-bond acceptors (Lipinski definition) is 4. The number of carbonyl (C=O) groups is 1. The zero-order valence-corrected chi connectivity index (χ0v) is 30.2. The number of hydrogen-bond donors (Lipinski definition) is 1. The van der Waals surface area contributed by atoms with Gasteiger partial charge in [-0.15, -0.1) is 0 Å². The van der Waals surface area contributed by atoms with E-state index in [-0.39, 0.29) is 17.1 Å². The maximum absolute atomic E-state index is 15.2. The lowest BCUT2D eigenvalue weighted by Gasteiger charge is -2.33. The molecule has 0 aliphatic heterocycles. The van der Waals surface area contributed by atoms with Crippen LogP contribution in [0.2, 0.25) is 5.02 Å². The second kappa shape index (κ2) is 15.4. The standard InChI is InChI=1S/C40H31BrClN2O3PS/c41-32-25-21-31(22-26-32)40(45)39(29-38(30-23-27-33(42)28-24-30)43-44-49(46,47)37-19-11-4-12-20-37)48(34-13-5-1-6-14-34,35-15-7-2-8-16-35)36-17-9-3-10-18-36/h1-28,44H,29H2/b43-38-. The number of benzene rings is 6. The zero-order chi connectivity index (χ0) is 34.3. The number of sulfonamides is 1. The average molecular weight is 766 g/mol. The van der Waals surface area contributed by atoms with Crippen molar-refractivity contribution < 1.29 is 13.2 Å². The van der Waals surface area contributed by atoms with Crippen molar-refractivity contribution in [2.45, 2.75) is 11.3 Å². The predicted molar refractivity (Wildman–Crippen MR) is 208 cm³/mol. The highest BCUT2D eigenvalue weighted by molar-refractivity contribution is 9.10. The van der Waals surface area contributed by atoms with Crippen LogP contribution in [-0.4, -0.2) is 25.2 Å². The van der Waals surface area contributed by atoms with Gasteiger partial charge in [-0.2, -0.15) is 18.4 Å². The fraction of sp³-hybridized carbons (Fsp3) is 0.0250. The van der Waals surface area contributed by atoms with Gasteiger partial charge in [-0.25, -0.2) is 0 Å². The summed E-state index contributed by atoms with van der Waals surface area (Å²) in [6, 6.07) is 52.6. The largest absolute Gasteiger partial charge is 0.289 e. The summed E-state index contributed by atoms with van der Waals surface area (Å²) < 4.78 is 27.7. The molecule has 1 N–H and O–H groups in total. The van der Waals surface area contributed by atoms with Gasteiger partial charge in [-0.3, -0.25) is 4.79 Å². The predicted octanol–water partition coefficient (Wildman–Crippen LogP) is 8.22. The number of rotatable bonds is 11. The van der Waals surface area contributed by atoms with Crippen LogP contribution in [0.3, 0.4) is 0 Å². The van der Waals surface area contributed by atoms with E-state index in [0.717, 1.165) is 20.4 Å². The molecular formula is C40H31BrClN2O3PS. The maximum atomic E-state index is 15.2. The Morgan fingerprint density at radius 1 is 0.612 bits per heavy atom. The second-order valence-corrected chi connectivity index (χ2v) is 17.6. The molecular weight excluding hydrogens is 735 g/mol. The van der Waals surface area contributed by atoms with Crippen molar-refractivity contribution in [2.75, 3.05) is 0 Å². The summed E-state index contributed by atoms with van der Waals surface area (Å²) >= 11 is 9.81. The summed E-state index contributed by atoms with van der Waals surface area (Å²) in [5.74, 6) is -0.162. The highest BCUT2D eigenvalue weighted by Gasteiger charge is 2.34. The molecule has 6 aromatic carbocycles. The van der Waals surface area contributed by atoms with Crippen LogP contribution in [0, 0.1) is 0 Å². The zero-order valence-electron chi connectivity index (χ0n) is 26.2. The number of Topliss-reactive ketones (excluding diaryl/α,β-unsaturated/α-hetero) is 1. The van der Waals surface area contributed by atoms with Crippen LogP contribution in [-0.2, 0) is 10.0 Å². The van der Waals surface area contributed by atoms with Gasteiger partial charge in [0.1, 0.15) is 0 Å². The number of nitrogens with one attached hydrogen (secondary N) is 1. The number of hydrazone groups is 1. The first-order valence-corrected chi connectivity index (χ1v) is 19.9. The summed E-state index contributed by atoms with van der Waals surface area (Å²) in [6.07, 6.45) is 0.0281. The molecule has 0 atom stereocenters. The lowest BCUT2D eigenvalue weighted by Crippen LogP contribution is -2.35. The average Bonchev–Trinajstić information content (AvgIpc) is 3.15. The third-order valence-corrected chi connectivity index (χ3v) is 14.5. The molecule has 0 spiro atoms. The van der Waals surface area contributed by atoms with Gasteiger partial charge in [0.05, 0.1) is 10.6 Å². The molecule has 0 saturated heterocycles. The lowest BCUT2D eigenvalue weighted by atomic mass is 10.0.